The molecule has 1 aliphatic heterocycles. The van der Waals surface area contributed by atoms with Crippen LogP contribution in [0.2, 0.25) is 0 Å². The highest BCUT2D eigenvalue weighted by atomic mass is 16.5. The number of likely N-dealkylation sites (tertiary alicyclic amines) is 1. The molecule has 0 aliphatic carbocycles. The molecule has 27 heavy (non-hydrogen) atoms. The highest BCUT2D eigenvalue weighted by Crippen LogP contribution is 2.25. The lowest BCUT2D eigenvalue weighted by molar-refractivity contribution is -0.147. The first-order valence-electron chi connectivity index (χ1n) is 9.35. The molecule has 0 bridgehead atoms. The van der Waals surface area contributed by atoms with Gasteiger partial charge in [0.15, 0.2) is 0 Å². The summed E-state index contributed by atoms with van der Waals surface area (Å²) in [6.45, 7) is 7.62. The molecule has 0 spiro atoms. The van der Waals surface area contributed by atoms with E-state index < -0.39 is 35.8 Å². The number of carboxylic acid groups (broad SMARTS) is 1. The van der Waals surface area contributed by atoms with Gasteiger partial charge in [-0.1, -0.05) is 27.7 Å². The lowest BCUT2D eigenvalue weighted by atomic mass is 9.92. The molecule has 0 aromatic rings. The highest BCUT2D eigenvalue weighted by molar-refractivity contribution is 5.92. The molecule has 9 nitrogen and oxygen atoms in total. The van der Waals surface area contributed by atoms with Crippen molar-refractivity contribution in [3.8, 4) is 0 Å². The molecular weight excluding hydrogens is 354 g/mol. The van der Waals surface area contributed by atoms with Crippen LogP contribution in [0.15, 0.2) is 0 Å². The standard InChI is InChI=1S/C18H31N3O6/c1-10(2)8-12(9-14(22)20-27)17(24)21-7-5-6-13(21)16(23)19-15(11(3)4)18(25)26/h10-13,15,27H,5-9H2,1-4H3,(H,19,23)(H,20,22)(H,25,26)/t12-,13?,15?/m0/s1. The molecule has 1 fully saturated rings. The van der Waals surface area contributed by atoms with Gasteiger partial charge in [-0.05, 0) is 31.1 Å². The number of hydrogen-bond donors (Lipinski definition) is 4. The first kappa shape index (κ1) is 22.9. The van der Waals surface area contributed by atoms with Gasteiger partial charge in [0.1, 0.15) is 12.1 Å². The number of rotatable bonds is 9. The number of hydrogen-bond acceptors (Lipinski definition) is 5. The van der Waals surface area contributed by atoms with E-state index in [1.165, 1.54) is 4.90 Å². The summed E-state index contributed by atoms with van der Waals surface area (Å²) in [6, 6.07) is -1.77. The van der Waals surface area contributed by atoms with Gasteiger partial charge in [0.25, 0.3) is 0 Å². The molecule has 2 unspecified atom stereocenters. The third-order valence-corrected chi connectivity index (χ3v) is 4.73. The van der Waals surface area contributed by atoms with Gasteiger partial charge >= 0.3 is 5.97 Å². The minimum atomic E-state index is -1.12. The monoisotopic (exact) mass is 385 g/mol. The minimum Gasteiger partial charge on any atom is -0.480 e. The lowest BCUT2D eigenvalue weighted by Crippen LogP contribution is -2.53. The molecular formula is C18H31N3O6. The van der Waals surface area contributed by atoms with E-state index in [1.807, 2.05) is 13.8 Å². The Hall–Kier alpha value is -2.16. The Morgan fingerprint density at radius 3 is 2.26 bits per heavy atom. The van der Waals surface area contributed by atoms with Crippen molar-refractivity contribution in [1.82, 2.24) is 15.7 Å². The molecule has 4 N–H and O–H groups in total. The smallest absolute Gasteiger partial charge is 0.326 e. The van der Waals surface area contributed by atoms with E-state index in [-0.39, 0.29) is 24.2 Å². The van der Waals surface area contributed by atoms with Crippen molar-refractivity contribution in [2.45, 2.75) is 65.5 Å². The van der Waals surface area contributed by atoms with Crippen LogP contribution in [-0.4, -0.2) is 57.5 Å². The topological polar surface area (TPSA) is 136 Å². The van der Waals surface area contributed by atoms with Gasteiger partial charge in [-0.15, -0.1) is 0 Å². The van der Waals surface area contributed by atoms with E-state index in [0.717, 1.165) is 0 Å². The summed E-state index contributed by atoms with van der Waals surface area (Å²) in [6.07, 6.45) is 1.36. The third kappa shape index (κ3) is 6.50. The van der Waals surface area contributed by atoms with Crippen LogP contribution in [0.1, 0.15) is 53.4 Å². The zero-order chi connectivity index (χ0) is 20.7. The Kier molecular flexibility index (Phi) is 8.68. The second-order valence-corrected chi connectivity index (χ2v) is 7.82. The molecule has 0 aromatic heterocycles. The van der Waals surface area contributed by atoms with Crippen molar-refractivity contribution < 1.29 is 29.5 Å². The number of nitrogens with zero attached hydrogens (tertiary/aromatic N) is 1. The fourth-order valence-electron chi connectivity index (χ4n) is 3.41. The van der Waals surface area contributed by atoms with Gasteiger partial charge in [0.05, 0.1) is 0 Å². The van der Waals surface area contributed by atoms with E-state index in [9.17, 15) is 24.3 Å². The quantitative estimate of drug-likeness (QED) is 0.342. The van der Waals surface area contributed by atoms with Gasteiger partial charge in [0, 0.05) is 18.9 Å². The first-order valence-corrected chi connectivity index (χ1v) is 9.35. The van der Waals surface area contributed by atoms with E-state index >= 15 is 0 Å². The molecule has 3 amide bonds. The molecule has 1 saturated heterocycles. The minimum absolute atomic E-state index is 0.151. The summed E-state index contributed by atoms with van der Waals surface area (Å²) in [5.74, 6) is -3.37. The normalized spacial score (nSPS) is 19.1. The molecule has 154 valence electrons. The number of nitrogens with one attached hydrogen (secondary N) is 2. The summed E-state index contributed by atoms with van der Waals surface area (Å²) in [7, 11) is 0. The molecule has 1 rings (SSSR count). The maximum absolute atomic E-state index is 13.0. The van der Waals surface area contributed by atoms with E-state index in [0.29, 0.717) is 25.8 Å². The average molecular weight is 385 g/mol. The number of carbonyl (C=O) groups excluding carboxylic acids is 3. The predicted octanol–water partition coefficient (Wildman–Crippen LogP) is 0.761. The molecule has 0 saturated carbocycles. The molecule has 1 heterocycles. The van der Waals surface area contributed by atoms with Crippen LogP contribution >= 0.6 is 0 Å². The second kappa shape index (κ2) is 10.2. The van der Waals surface area contributed by atoms with Gasteiger partial charge < -0.3 is 15.3 Å². The summed E-state index contributed by atoms with van der Waals surface area (Å²) >= 11 is 0. The average Bonchev–Trinajstić information content (AvgIpc) is 3.06. The van der Waals surface area contributed by atoms with Crippen LogP contribution in [0.25, 0.3) is 0 Å². The van der Waals surface area contributed by atoms with Gasteiger partial charge in [-0.2, -0.15) is 0 Å². The van der Waals surface area contributed by atoms with Crippen molar-refractivity contribution in [1.29, 1.82) is 0 Å². The van der Waals surface area contributed by atoms with Crippen molar-refractivity contribution in [3.63, 3.8) is 0 Å². The number of amides is 3. The summed E-state index contributed by atoms with van der Waals surface area (Å²) in [5.41, 5.74) is 1.54. The van der Waals surface area contributed by atoms with Crippen LogP contribution in [-0.2, 0) is 19.2 Å². The summed E-state index contributed by atoms with van der Waals surface area (Å²) in [4.78, 5) is 49.9. The number of aliphatic carboxylic acids is 1. The van der Waals surface area contributed by atoms with E-state index in [1.54, 1.807) is 19.3 Å². The van der Waals surface area contributed by atoms with Gasteiger partial charge in [-0.3, -0.25) is 19.6 Å². The van der Waals surface area contributed by atoms with Gasteiger partial charge in [0.2, 0.25) is 17.7 Å². The van der Waals surface area contributed by atoms with Crippen LogP contribution in [0.3, 0.4) is 0 Å². The van der Waals surface area contributed by atoms with Crippen LogP contribution in [0, 0.1) is 17.8 Å². The molecule has 1 aliphatic rings. The SMILES string of the molecule is CC(C)C[C@@H](CC(=O)NO)C(=O)N1CCCC1C(=O)NC(C(=O)O)C(C)C. The highest BCUT2D eigenvalue weighted by Gasteiger charge is 2.39. The van der Waals surface area contributed by atoms with E-state index in [2.05, 4.69) is 5.32 Å². The Morgan fingerprint density at radius 1 is 1.15 bits per heavy atom. The summed E-state index contributed by atoms with van der Waals surface area (Å²) < 4.78 is 0. The fraction of sp³-hybridized carbons (Fsp3) is 0.778. The van der Waals surface area contributed by atoms with Gasteiger partial charge in [-0.25, -0.2) is 10.3 Å². The van der Waals surface area contributed by atoms with Crippen LogP contribution in [0.5, 0.6) is 0 Å². The Balaban J connectivity index is 2.91. The third-order valence-electron chi connectivity index (χ3n) is 4.73. The number of hydroxylamine groups is 1. The zero-order valence-corrected chi connectivity index (χ0v) is 16.4. The first-order chi connectivity index (χ1) is 12.6. The molecule has 9 heteroatoms. The van der Waals surface area contributed by atoms with Crippen molar-refractivity contribution in [2.24, 2.45) is 17.8 Å². The second-order valence-electron chi connectivity index (χ2n) is 7.82. The Bertz CT molecular complexity index is 563. The Morgan fingerprint density at radius 2 is 1.78 bits per heavy atom. The Labute approximate surface area is 159 Å². The van der Waals surface area contributed by atoms with Crippen molar-refractivity contribution in [3.05, 3.63) is 0 Å². The number of carboxylic acids is 1. The molecule has 0 aromatic carbocycles. The zero-order valence-electron chi connectivity index (χ0n) is 16.4. The fourth-order valence-corrected chi connectivity index (χ4v) is 3.41. The van der Waals surface area contributed by atoms with Crippen LogP contribution in [0.4, 0.5) is 0 Å². The largest absolute Gasteiger partial charge is 0.480 e. The maximum atomic E-state index is 13.0. The van der Waals surface area contributed by atoms with Crippen molar-refractivity contribution >= 4 is 23.7 Å². The molecule has 0 radical (unpaired) electrons. The van der Waals surface area contributed by atoms with Crippen LogP contribution < -0.4 is 10.8 Å². The van der Waals surface area contributed by atoms with E-state index in [4.69, 9.17) is 5.21 Å². The predicted molar refractivity (Wildman–Crippen MR) is 96.6 cm³/mol. The molecule has 3 atom stereocenters. The van der Waals surface area contributed by atoms with Crippen molar-refractivity contribution in [2.75, 3.05) is 6.54 Å². The number of carbonyl (C=O) groups is 4. The maximum Gasteiger partial charge on any atom is 0.326 e. The summed E-state index contributed by atoms with van der Waals surface area (Å²) in [5, 5.41) is 20.5. The lowest BCUT2D eigenvalue weighted by Gasteiger charge is -2.30.